The molecule has 1 heterocycles. The zero-order valence-corrected chi connectivity index (χ0v) is 16.7. The highest BCUT2D eigenvalue weighted by Crippen LogP contribution is 2.72. The Balaban J connectivity index is 1.50. The monoisotopic (exact) mass is 364 g/mol. The maximum absolute atomic E-state index is 13.9. The van der Waals surface area contributed by atoms with E-state index in [1.807, 2.05) is 0 Å². The van der Waals surface area contributed by atoms with Crippen LogP contribution in [0.15, 0.2) is 42.5 Å². The molecule has 4 unspecified atom stereocenters. The summed E-state index contributed by atoms with van der Waals surface area (Å²) >= 11 is 0. The number of hydrogen-bond acceptors (Lipinski definition) is 2. The van der Waals surface area contributed by atoms with Gasteiger partial charge in [0, 0.05) is 19.1 Å². The van der Waals surface area contributed by atoms with Crippen LogP contribution in [0.5, 0.6) is 0 Å². The van der Waals surface area contributed by atoms with Gasteiger partial charge in [0.05, 0.1) is 5.41 Å². The predicted molar refractivity (Wildman–Crippen MR) is 108 cm³/mol. The van der Waals surface area contributed by atoms with Crippen LogP contribution in [0, 0.1) is 22.7 Å². The molecule has 5 atom stereocenters. The fourth-order valence-corrected chi connectivity index (χ4v) is 7.08. The maximum Gasteiger partial charge on any atom is 0.229 e. The van der Waals surface area contributed by atoms with Crippen molar-refractivity contribution >= 4 is 5.91 Å². The number of likely N-dealkylation sites (tertiary alicyclic amines) is 1. The zero-order valence-electron chi connectivity index (χ0n) is 16.7. The summed E-state index contributed by atoms with van der Waals surface area (Å²) in [6.45, 7) is 10.5. The van der Waals surface area contributed by atoms with Crippen LogP contribution in [-0.4, -0.2) is 29.9 Å². The third-order valence-corrected chi connectivity index (χ3v) is 8.55. The van der Waals surface area contributed by atoms with Gasteiger partial charge in [-0.15, -0.1) is 0 Å². The summed E-state index contributed by atoms with van der Waals surface area (Å²) in [5.74, 6) is 1.28. The molecule has 1 aromatic carbocycles. The average Bonchev–Trinajstić information content (AvgIpc) is 3.02. The first-order chi connectivity index (χ1) is 12.8. The highest BCUT2D eigenvalue weighted by atomic mass is 16.2. The fraction of sp³-hybridized carbons (Fsp3) is 0.625. The maximum atomic E-state index is 13.9. The third kappa shape index (κ3) is 2.27. The van der Waals surface area contributed by atoms with E-state index in [2.05, 4.69) is 55.7 Å². The van der Waals surface area contributed by atoms with Gasteiger partial charge in [0.2, 0.25) is 5.91 Å². The normalized spacial score (nSPS) is 42.0. The summed E-state index contributed by atoms with van der Waals surface area (Å²) in [5.41, 5.74) is 9.08. The summed E-state index contributed by atoms with van der Waals surface area (Å²) < 4.78 is 0. The van der Waals surface area contributed by atoms with E-state index in [-0.39, 0.29) is 22.3 Å². The van der Waals surface area contributed by atoms with Crippen molar-refractivity contribution in [2.75, 3.05) is 13.1 Å². The van der Waals surface area contributed by atoms with E-state index < -0.39 is 0 Å². The van der Waals surface area contributed by atoms with Crippen LogP contribution in [-0.2, 0) is 10.2 Å². The number of nitrogens with two attached hydrogens (primary N) is 1. The number of rotatable bonds is 2. The van der Waals surface area contributed by atoms with Gasteiger partial charge in [0.1, 0.15) is 0 Å². The Morgan fingerprint density at radius 1 is 1.19 bits per heavy atom. The van der Waals surface area contributed by atoms with Gasteiger partial charge in [-0.3, -0.25) is 4.79 Å². The second-order valence-corrected chi connectivity index (χ2v) is 10.5. The van der Waals surface area contributed by atoms with Crippen molar-refractivity contribution in [3.05, 3.63) is 48.0 Å². The molecule has 5 aliphatic rings. The molecule has 0 aromatic heterocycles. The molecule has 4 saturated carbocycles. The molecule has 5 fully saturated rings. The minimum atomic E-state index is -0.215. The van der Waals surface area contributed by atoms with Gasteiger partial charge < -0.3 is 10.6 Å². The third-order valence-electron chi connectivity index (χ3n) is 8.55. The second-order valence-electron chi connectivity index (χ2n) is 10.5. The predicted octanol–water partition coefficient (Wildman–Crippen LogP) is 3.89. The molecule has 3 heteroatoms. The fourth-order valence-electron chi connectivity index (χ4n) is 7.08. The van der Waals surface area contributed by atoms with Crippen molar-refractivity contribution in [1.29, 1.82) is 0 Å². The van der Waals surface area contributed by atoms with E-state index in [1.54, 1.807) is 0 Å². The lowest BCUT2D eigenvalue weighted by Crippen LogP contribution is -2.57. The minimum Gasteiger partial charge on any atom is -0.342 e. The molecule has 4 aliphatic carbocycles. The smallest absolute Gasteiger partial charge is 0.229 e. The first kappa shape index (κ1) is 17.5. The lowest BCUT2D eigenvalue weighted by atomic mass is 9.63. The first-order valence-corrected chi connectivity index (χ1v) is 10.6. The quantitative estimate of drug-likeness (QED) is 0.810. The number of benzene rings is 1. The number of amides is 1. The molecule has 4 bridgehead atoms. The van der Waals surface area contributed by atoms with Crippen LogP contribution in [0.25, 0.3) is 0 Å². The Kier molecular flexibility index (Phi) is 3.54. The number of nitrogens with zero attached hydrogens (tertiary/aromatic N) is 1. The van der Waals surface area contributed by atoms with Gasteiger partial charge in [-0.25, -0.2) is 0 Å². The van der Waals surface area contributed by atoms with Gasteiger partial charge >= 0.3 is 0 Å². The molecule has 2 N–H and O–H groups in total. The van der Waals surface area contributed by atoms with Crippen LogP contribution >= 0.6 is 0 Å². The number of piperidine rings is 1. The summed E-state index contributed by atoms with van der Waals surface area (Å²) in [7, 11) is 0. The van der Waals surface area contributed by atoms with E-state index in [0.29, 0.717) is 17.7 Å². The van der Waals surface area contributed by atoms with Crippen molar-refractivity contribution in [2.45, 2.75) is 57.4 Å². The van der Waals surface area contributed by atoms with E-state index in [1.165, 1.54) is 17.6 Å². The van der Waals surface area contributed by atoms with Gasteiger partial charge in [-0.2, -0.15) is 0 Å². The SMILES string of the molecule is C=C1C2CC3(c4ccccc4)CC1C(C(=O)N1CC[C@H](N)C(C)(C)C1)(C2)C3. The number of allylic oxidation sites excluding steroid dienone is 1. The molecule has 27 heavy (non-hydrogen) atoms. The van der Waals surface area contributed by atoms with Gasteiger partial charge in [-0.1, -0.05) is 56.3 Å². The zero-order chi connectivity index (χ0) is 19.0. The Hall–Kier alpha value is -1.61. The van der Waals surface area contributed by atoms with Crippen molar-refractivity contribution in [2.24, 2.45) is 28.4 Å². The first-order valence-electron chi connectivity index (χ1n) is 10.6. The second kappa shape index (κ2) is 5.47. The van der Waals surface area contributed by atoms with Crippen LogP contribution in [0.3, 0.4) is 0 Å². The summed E-state index contributed by atoms with van der Waals surface area (Å²) in [5, 5.41) is 0. The lowest BCUT2D eigenvalue weighted by molar-refractivity contribution is -0.147. The molecule has 1 aromatic rings. The molecule has 1 amide bonds. The Labute approximate surface area is 163 Å². The summed E-state index contributed by atoms with van der Waals surface area (Å²) in [4.78, 5) is 16.1. The van der Waals surface area contributed by atoms with Crippen LogP contribution in [0.2, 0.25) is 0 Å². The number of carbonyl (C=O) groups is 1. The van der Waals surface area contributed by atoms with Gasteiger partial charge in [0.25, 0.3) is 0 Å². The molecule has 1 saturated heterocycles. The Morgan fingerprint density at radius 3 is 2.63 bits per heavy atom. The molecular weight excluding hydrogens is 332 g/mol. The highest BCUT2D eigenvalue weighted by molar-refractivity contribution is 5.86. The standard InChI is InChI=1S/C24H32N2O/c1-16-17-11-23(18-7-5-4-6-8-18)13-19(16)24(12-17,14-23)21(27)26-10-9-20(25)22(2,3)15-26/h4-8,17,19-20H,1,9-15,25H2,2-3H3/t17?,19?,20-,23?,24?/m0/s1. The molecular formula is C24H32N2O. The molecule has 144 valence electrons. The van der Waals surface area contributed by atoms with Crippen molar-refractivity contribution in [3.63, 3.8) is 0 Å². The summed E-state index contributed by atoms with van der Waals surface area (Å²) in [6, 6.07) is 11.1. The minimum absolute atomic E-state index is 0.00565. The Morgan fingerprint density at radius 2 is 1.93 bits per heavy atom. The van der Waals surface area contributed by atoms with Crippen LogP contribution < -0.4 is 5.73 Å². The topological polar surface area (TPSA) is 46.3 Å². The molecule has 1 aliphatic heterocycles. The molecule has 6 rings (SSSR count). The van der Waals surface area contributed by atoms with Crippen molar-refractivity contribution in [3.8, 4) is 0 Å². The highest BCUT2D eigenvalue weighted by Gasteiger charge is 2.69. The molecule has 3 nitrogen and oxygen atoms in total. The van der Waals surface area contributed by atoms with Crippen molar-refractivity contribution < 1.29 is 4.79 Å². The van der Waals surface area contributed by atoms with E-state index >= 15 is 0 Å². The lowest BCUT2D eigenvalue weighted by Gasteiger charge is -2.47. The molecule has 0 radical (unpaired) electrons. The molecule has 0 spiro atoms. The van der Waals surface area contributed by atoms with Crippen molar-refractivity contribution in [1.82, 2.24) is 4.90 Å². The largest absolute Gasteiger partial charge is 0.342 e. The summed E-state index contributed by atoms with van der Waals surface area (Å²) in [6.07, 6.45) is 5.22. The van der Waals surface area contributed by atoms with E-state index in [9.17, 15) is 4.79 Å². The van der Waals surface area contributed by atoms with E-state index in [4.69, 9.17) is 5.73 Å². The van der Waals surface area contributed by atoms with Gasteiger partial charge in [0.15, 0.2) is 0 Å². The van der Waals surface area contributed by atoms with E-state index in [0.717, 1.165) is 38.8 Å². The Bertz CT molecular complexity index is 800. The number of carbonyl (C=O) groups excluding carboxylic acids is 1. The van der Waals surface area contributed by atoms with Crippen LogP contribution in [0.1, 0.15) is 51.5 Å². The van der Waals surface area contributed by atoms with Gasteiger partial charge in [-0.05, 0) is 60.3 Å². The number of hydrogen-bond donors (Lipinski definition) is 1. The van der Waals surface area contributed by atoms with Crippen LogP contribution in [0.4, 0.5) is 0 Å². The average molecular weight is 365 g/mol.